The Morgan fingerprint density at radius 2 is 2.12 bits per heavy atom. The van der Waals surface area contributed by atoms with Gasteiger partial charge in [0.1, 0.15) is 12.0 Å². The summed E-state index contributed by atoms with van der Waals surface area (Å²) in [7, 11) is 0. The summed E-state index contributed by atoms with van der Waals surface area (Å²) in [6.07, 6.45) is 5.89. The maximum absolute atomic E-state index is 11.8. The molecule has 0 saturated carbocycles. The number of aromatic nitrogens is 3. The second-order valence-corrected chi connectivity index (χ2v) is 3.26. The number of imidazole rings is 1. The van der Waals surface area contributed by atoms with Gasteiger partial charge in [0.2, 0.25) is 0 Å². The zero-order chi connectivity index (χ0) is 11.5. The van der Waals surface area contributed by atoms with Crippen LogP contribution in [0.1, 0.15) is 27.8 Å². The molecule has 0 aliphatic rings. The minimum absolute atomic E-state index is 0.123. The number of rotatable bonds is 2. The average molecular weight is 215 g/mol. The van der Waals surface area contributed by atoms with Crippen LogP contribution in [-0.4, -0.2) is 26.2 Å². The Hall–Kier alpha value is -2.30. The van der Waals surface area contributed by atoms with Gasteiger partial charge in [-0.1, -0.05) is 0 Å². The van der Waals surface area contributed by atoms with Crippen LogP contribution in [0.3, 0.4) is 0 Å². The molecule has 0 unspecified atom stereocenters. The van der Waals surface area contributed by atoms with Gasteiger partial charge in [0.05, 0.1) is 5.56 Å². The van der Waals surface area contributed by atoms with E-state index in [-0.39, 0.29) is 11.7 Å². The lowest BCUT2D eigenvalue weighted by molar-refractivity contribution is 0.0956. The van der Waals surface area contributed by atoms with Crippen molar-refractivity contribution in [1.82, 2.24) is 14.5 Å². The van der Waals surface area contributed by atoms with E-state index in [1.54, 1.807) is 12.3 Å². The first-order valence-corrected chi connectivity index (χ1v) is 4.68. The molecule has 0 spiro atoms. The first kappa shape index (κ1) is 10.2. The van der Waals surface area contributed by atoms with E-state index in [0.717, 1.165) is 0 Å². The minimum Gasteiger partial charge on any atom is -0.293 e. The molecule has 0 aromatic carbocycles. The predicted octanol–water partition coefficient (Wildman–Crippen LogP) is 1.17. The molecule has 0 fully saturated rings. The third kappa shape index (κ3) is 1.88. The Kier molecular flexibility index (Phi) is 2.59. The highest BCUT2D eigenvalue weighted by atomic mass is 16.2. The van der Waals surface area contributed by atoms with Crippen LogP contribution in [0.5, 0.6) is 0 Å². The quantitative estimate of drug-likeness (QED) is 0.705. The molecule has 2 aromatic heterocycles. The van der Waals surface area contributed by atoms with Crippen molar-refractivity contribution in [3.05, 3.63) is 48.3 Å². The zero-order valence-electron chi connectivity index (χ0n) is 8.62. The molecule has 2 heterocycles. The second kappa shape index (κ2) is 4.06. The first-order valence-electron chi connectivity index (χ1n) is 4.68. The Morgan fingerprint density at radius 1 is 1.31 bits per heavy atom. The third-order valence-electron chi connectivity index (χ3n) is 2.11. The molecule has 0 bridgehead atoms. The SMILES string of the molecule is CC(=O)c1ccc(C(=O)n2ccnc2)cn1. The molecule has 0 aliphatic heterocycles. The van der Waals surface area contributed by atoms with Crippen molar-refractivity contribution in [2.75, 3.05) is 0 Å². The van der Waals surface area contributed by atoms with Crippen LogP contribution < -0.4 is 0 Å². The van der Waals surface area contributed by atoms with Gasteiger partial charge in [-0.25, -0.2) is 4.98 Å². The van der Waals surface area contributed by atoms with E-state index in [0.29, 0.717) is 11.3 Å². The van der Waals surface area contributed by atoms with Crippen LogP contribution in [0.4, 0.5) is 0 Å². The number of pyridine rings is 1. The van der Waals surface area contributed by atoms with E-state index in [4.69, 9.17) is 0 Å². The fraction of sp³-hybridized carbons (Fsp3) is 0.0909. The molecule has 0 atom stereocenters. The molecule has 2 rings (SSSR count). The summed E-state index contributed by atoms with van der Waals surface area (Å²) in [5.41, 5.74) is 0.769. The number of hydrogen-bond donors (Lipinski definition) is 0. The number of carbonyl (C=O) groups is 2. The number of nitrogens with zero attached hydrogens (tertiary/aromatic N) is 3. The van der Waals surface area contributed by atoms with Crippen LogP contribution in [-0.2, 0) is 0 Å². The van der Waals surface area contributed by atoms with Gasteiger partial charge in [0.15, 0.2) is 5.78 Å². The van der Waals surface area contributed by atoms with Crippen molar-refractivity contribution in [1.29, 1.82) is 0 Å². The smallest absolute Gasteiger partial charge is 0.264 e. The maximum atomic E-state index is 11.8. The van der Waals surface area contributed by atoms with E-state index in [9.17, 15) is 9.59 Å². The highest BCUT2D eigenvalue weighted by molar-refractivity contribution is 5.97. The number of hydrogen-bond acceptors (Lipinski definition) is 4. The molecule has 0 amide bonds. The van der Waals surface area contributed by atoms with Crippen molar-refractivity contribution < 1.29 is 9.59 Å². The largest absolute Gasteiger partial charge is 0.293 e. The standard InChI is InChI=1S/C11H9N3O2/c1-8(15)10-3-2-9(6-13-10)11(16)14-5-4-12-7-14/h2-7H,1H3. The van der Waals surface area contributed by atoms with Crippen molar-refractivity contribution in [2.45, 2.75) is 6.92 Å². The summed E-state index contributed by atoms with van der Waals surface area (Å²) in [5.74, 6) is -0.346. The molecule has 5 nitrogen and oxygen atoms in total. The summed E-state index contributed by atoms with van der Waals surface area (Å²) < 4.78 is 1.35. The summed E-state index contributed by atoms with van der Waals surface area (Å²) in [4.78, 5) is 30.5. The normalized spacial score (nSPS) is 10.1. The molecule has 0 N–H and O–H groups in total. The molecular formula is C11H9N3O2. The molecule has 5 heteroatoms. The minimum atomic E-state index is -0.222. The van der Waals surface area contributed by atoms with Gasteiger partial charge in [-0.2, -0.15) is 0 Å². The lowest BCUT2D eigenvalue weighted by atomic mass is 10.2. The molecule has 0 saturated heterocycles. The van der Waals surface area contributed by atoms with E-state index in [2.05, 4.69) is 9.97 Å². The third-order valence-corrected chi connectivity index (χ3v) is 2.11. The summed E-state index contributed by atoms with van der Waals surface area (Å²) in [6, 6.07) is 3.11. The predicted molar refractivity (Wildman–Crippen MR) is 56.2 cm³/mol. The summed E-state index contributed by atoms with van der Waals surface area (Å²) in [6.45, 7) is 1.43. The Bertz CT molecular complexity index is 515. The van der Waals surface area contributed by atoms with Gasteiger partial charge in [-0.05, 0) is 12.1 Å². The lowest BCUT2D eigenvalue weighted by Gasteiger charge is -2.01. The van der Waals surface area contributed by atoms with E-state index >= 15 is 0 Å². The second-order valence-electron chi connectivity index (χ2n) is 3.26. The fourth-order valence-electron chi connectivity index (χ4n) is 1.26. The van der Waals surface area contributed by atoms with Crippen molar-refractivity contribution in [3.8, 4) is 0 Å². The van der Waals surface area contributed by atoms with Gasteiger partial charge in [-0.15, -0.1) is 0 Å². The van der Waals surface area contributed by atoms with Gasteiger partial charge in [-0.3, -0.25) is 19.1 Å². The fourth-order valence-corrected chi connectivity index (χ4v) is 1.26. The number of ketones is 1. The Labute approximate surface area is 91.8 Å². The van der Waals surface area contributed by atoms with Crippen LogP contribution in [0.25, 0.3) is 0 Å². The Balaban J connectivity index is 2.29. The molecule has 0 aliphatic carbocycles. The lowest BCUT2D eigenvalue weighted by Crippen LogP contribution is -2.10. The molecule has 2 aromatic rings. The van der Waals surface area contributed by atoms with Crippen molar-refractivity contribution in [3.63, 3.8) is 0 Å². The van der Waals surface area contributed by atoms with E-state index in [1.165, 1.54) is 36.3 Å². The molecule has 16 heavy (non-hydrogen) atoms. The average Bonchev–Trinajstić information content (AvgIpc) is 2.81. The first-order chi connectivity index (χ1) is 7.68. The summed E-state index contributed by atoms with van der Waals surface area (Å²) >= 11 is 0. The van der Waals surface area contributed by atoms with Crippen LogP contribution >= 0.6 is 0 Å². The summed E-state index contributed by atoms with van der Waals surface area (Å²) in [5, 5.41) is 0. The zero-order valence-corrected chi connectivity index (χ0v) is 8.62. The highest BCUT2D eigenvalue weighted by Crippen LogP contribution is 2.03. The van der Waals surface area contributed by atoms with Gasteiger partial charge < -0.3 is 0 Å². The number of Topliss-reactive ketones (excluding diaryl/α,β-unsaturated/α-hetero) is 1. The van der Waals surface area contributed by atoms with Crippen molar-refractivity contribution >= 4 is 11.7 Å². The van der Waals surface area contributed by atoms with Gasteiger partial charge >= 0.3 is 0 Å². The molecule has 0 radical (unpaired) electrons. The molecule has 80 valence electrons. The van der Waals surface area contributed by atoms with E-state index in [1.807, 2.05) is 0 Å². The maximum Gasteiger partial charge on any atom is 0.264 e. The Morgan fingerprint density at radius 3 is 2.62 bits per heavy atom. The highest BCUT2D eigenvalue weighted by Gasteiger charge is 2.09. The topological polar surface area (TPSA) is 64.8 Å². The monoisotopic (exact) mass is 215 g/mol. The van der Waals surface area contributed by atoms with Crippen LogP contribution in [0, 0.1) is 0 Å². The van der Waals surface area contributed by atoms with E-state index < -0.39 is 0 Å². The van der Waals surface area contributed by atoms with Crippen LogP contribution in [0.15, 0.2) is 37.1 Å². The van der Waals surface area contributed by atoms with Gasteiger partial charge in [0, 0.05) is 25.5 Å². The van der Waals surface area contributed by atoms with Crippen LogP contribution in [0.2, 0.25) is 0 Å². The van der Waals surface area contributed by atoms with Crippen molar-refractivity contribution in [2.24, 2.45) is 0 Å². The number of carbonyl (C=O) groups excluding carboxylic acids is 2. The molecular weight excluding hydrogens is 206 g/mol. The van der Waals surface area contributed by atoms with Gasteiger partial charge in [0.25, 0.3) is 5.91 Å².